The Morgan fingerprint density at radius 1 is 1.07 bits per heavy atom. The lowest BCUT2D eigenvalue weighted by Crippen LogP contribution is -2.36. The number of carbonyl (C=O) groups is 2. The molecule has 1 saturated carbocycles. The van der Waals surface area contributed by atoms with Crippen molar-refractivity contribution < 1.29 is 14.3 Å². The van der Waals surface area contributed by atoms with Gasteiger partial charge in [-0.1, -0.05) is 48.6 Å². The summed E-state index contributed by atoms with van der Waals surface area (Å²) in [6, 6.07) is 10.9. The molecule has 1 aliphatic rings. The van der Waals surface area contributed by atoms with Gasteiger partial charge in [0.05, 0.1) is 10.6 Å². The van der Waals surface area contributed by atoms with Crippen molar-refractivity contribution in [2.45, 2.75) is 52.0 Å². The number of carbonyl (C=O) groups excluding carboxylic acids is 2. The second-order valence-corrected chi connectivity index (χ2v) is 8.02. The molecule has 1 fully saturated rings. The number of rotatable bonds is 6. The topological polar surface area (TPSA) is 67.4 Å². The summed E-state index contributed by atoms with van der Waals surface area (Å²) in [4.78, 5) is 24.9. The Kier molecular flexibility index (Phi) is 7.15. The minimum Gasteiger partial charge on any atom is -0.483 e. The Bertz CT molecular complexity index is 892. The highest BCUT2D eigenvalue weighted by Crippen LogP contribution is 2.23. The molecule has 0 unspecified atom stereocenters. The summed E-state index contributed by atoms with van der Waals surface area (Å²) < 4.78 is 5.61. The van der Waals surface area contributed by atoms with Gasteiger partial charge in [0, 0.05) is 11.7 Å². The van der Waals surface area contributed by atoms with E-state index in [2.05, 4.69) is 10.6 Å². The molecule has 0 atom stereocenters. The Hall–Kier alpha value is -2.53. The average Bonchev–Trinajstić information content (AvgIpc) is 2.69. The van der Waals surface area contributed by atoms with Crippen molar-refractivity contribution in [1.82, 2.24) is 5.32 Å². The van der Waals surface area contributed by atoms with Gasteiger partial charge in [0.1, 0.15) is 5.75 Å². The highest BCUT2D eigenvalue weighted by atomic mass is 35.5. The molecule has 5 nitrogen and oxygen atoms in total. The average molecular weight is 415 g/mol. The number of ether oxygens (including phenoxy) is 1. The van der Waals surface area contributed by atoms with Crippen molar-refractivity contribution in [1.29, 1.82) is 0 Å². The van der Waals surface area contributed by atoms with Crippen molar-refractivity contribution in [3.8, 4) is 5.75 Å². The minimum absolute atomic E-state index is 0.115. The fourth-order valence-corrected chi connectivity index (χ4v) is 3.79. The summed E-state index contributed by atoms with van der Waals surface area (Å²) in [5.74, 6) is 0.171. The number of nitrogens with one attached hydrogen (secondary N) is 2. The number of benzene rings is 2. The summed E-state index contributed by atoms with van der Waals surface area (Å²) in [6.45, 7) is 3.83. The summed E-state index contributed by atoms with van der Waals surface area (Å²) in [5.41, 5.74) is 2.99. The van der Waals surface area contributed by atoms with Gasteiger partial charge in [-0.05, 0) is 56.5 Å². The predicted octanol–water partition coefficient (Wildman–Crippen LogP) is 5.04. The first kappa shape index (κ1) is 21.2. The van der Waals surface area contributed by atoms with Crippen LogP contribution in [-0.2, 0) is 4.79 Å². The lowest BCUT2D eigenvalue weighted by Gasteiger charge is -2.23. The molecule has 0 saturated heterocycles. The highest BCUT2D eigenvalue weighted by Gasteiger charge is 2.19. The normalized spacial score (nSPS) is 14.3. The molecule has 0 bridgehead atoms. The smallest absolute Gasteiger partial charge is 0.262 e. The first-order valence-corrected chi connectivity index (χ1v) is 10.4. The van der Waals surface area contributed by atoms with E-state index in [4.69, 9.17) is 16.3 Å². The maximum Gasteiger partial charge on any atom is 0.262 e. The van der Waals surface area contributed by atoms with E-state index >= 15 is 0 Å². The quantitative estimate of drug-likeness (QED) is 0.696. The monoisotopic (exact) mass is 414 g/mol. The maximum atomic E-state index is 12.6. The van der Waals surface area contributed by atoms with Gasteiger partial charge in [0.25, 0.3) is 11.8 Å². The summed E-state index contributed by atoms with van der Waals surface area (Å²) in [6.07, 6.45) is 5.48. The number of hydrogen-bond donors (Lipinski definition) is 2. The first-order valence-electron chi connectivity index (χ1n) is 10.0. The van der Waals surface area contributed by atoms with Crippen molar-refractivity contribution in [3.63, 3.8) is 0 Å². The first-order chi connectivity index (χ1) is 13.9. The van der Waals surface area contributed by atoms with Gasteiger partial charge in [0.15, 0.2) is 6.61 Å². The molecule has 2 aromatic rings. The van der Waals surface area contributed by atoms with Crippen molar-refractivity contribution in [3.05, 3.63) is 58.1 Å². The second kappa shape index (κ2) is 9.79. The van der Waals surface area contributed by atoms with Crippen LogP contribution in [0.4, 0.5) is 5.69 Å². The number of amides is 2. The zero-order valence-electron chi connectivity index (χ0n) is 16.9. The van der Waals surface area contributed by atoms with Gasteiger partial charge in [-0.15, -0.1) is 0 Å². The number of aryl methyl sites for hydroxylation is 2. The van der Waals surface area contributed by atoms with Gasteiger partial charge >= 0.3 is 0 Å². The molecule has 3 rings (SSSR count). The van der Waals surface area contributed by atoms with Crippen LogP contribution >= 0.6 is 11.6 Å². The molecule has 2 N–H and O–H groups in total. The molecule has 2 amide bonds. The van der Waals surface area contributed by atoms with E-state index in [0.29, 0.717) is 22.0 Å². The van der Waals surface area contributed by atoms with Gasteiger partial charge in [-0.25, -0.2) is 0 Å². The number of anilines is 1. The minimum atomic E-state index is -0.300. The fraction of sp³-hybridized carbons (Fsp3) is 0.391. The van der Waals surface area contributed by atoms with Crippen LogP contribution < -0.4 is 15.4 Å². The third kappa shape index (κ3) is 5.97. The Morgan fingerprint density at radius 2 is 1.83 bits per heavy atom. The van der Waals surface area contributed by atoms with E-state index in [1.807, 2.05) is 32.0 Å². The Balaban J connectivity index is 1.59. The SMILES string of the molecule is Cc1ccc(OCC(=O)Nc2ccc(Cl)c(C(=O)NC3CCCCC3)c2)c(C)c1. The molecule has 2 aromatic carbocycles. The lowest BCUT2D eigenvalue weighted by molar-refractivity contribution is -0.118. The number of hydrogen-bond acceptors (Lipinski definition) is 3. The number of halogens is 1. The highest BCUT2D eigenvalue weighted by molar-refractivity contribution is 6.34. The second-order valence-electron chi connectivity index (χ2n) is 7.61. The van der Waals surface area contributed by atoms with Crippen LogP contribution in [0.1, 0.15) is 53.6 Å². The molecular formula is C23H27ClN2O3. The zero-order valence-corrected chi connectivity index (χ0v) is 17.6. The van der Waals surface area contributed by atoms with Crippen molar-refractivity contribution in [2.24, 2.45) is 0 Å². The maximum absolute atomic E-state index is 12.6. The van der Waals surface area contributed by atoms with Crippen molar-refractivity contribution >= 4 is 29.1 Å². The van der Waals surface area contributed by atoms with E-state index in [9.17, 15) is 9.59 Å². The standard InChI is InChI=1S/C23H27ClN2O3/c1-15-8-11-21(16(2)12-15)29-14-22(27)25-18-9-10-20(24)19(13-18)23(28)26-17-6-4-3-5-7-17/h8-13,17H,3-7,14H2,1-2H3,(H,25,27)(H,26,28). The molecule has 1 aliphatic carbocycles. The molecular weight excluding hydrogens is 388 g/mol. The molecule has 154 valence electrons. The van der Waals surface area contributed by atoms with Crippen LogP contribution in [0.5, 0.6) is 5.75 Å². The van der Waals surface area contributed by atoms with E-state index in [1.165, 1.54) is 6.42 Å². The third-order valence-corrected chi connectivity index (χ3v) is 5.45. The zero-order chi connectivity index (χ0) is 20.8. The van der Waals surface area contributed by atoms with Crippen LogP contribution in [0.2, 0.25) is 5.02 Å². The van der Waals surface area contributed by atoms with Crippen LogP contribution in [0.25, 0.3) is 0 Å². The molecule has 0 aliphatic heterocycles. The molecule has 29 heavy (non-hydrogen) atoms. The molecule has 0 heterocycles. The summed E-state index contributed by atoms with van der Waals surface area (Å²) in [5, 5.41) is 6.18. The lowest BCUT2D eigenvalue weighted by atomic mass is 9.95. The Morgan fingerprint density at radius 3 is 2.55 bits per heavy atom. The van der Waals surface area contributed by atoms with Gasteiger partial charge in [-0.2, -0.15) is 0 Å². The van der Waals surface area contributed by atoms with Crippen LogP contribution in [-0.4, -0.2) is 24.5 Å². The fourth-order valence-electron chi connectivity index (χ4n) is 3.59. The predicted molar refractivity (Wildman–Crippen MR) is 116 cm³/mol. The molecule has 6 heteroatoms. The molecule has 0 aromatic heterocycles. The Labute approximate surface area is 176 Å². The summed E-state index contributed by atoms with van der Waals surface area (Å²) in [7, 11) is 0. The third-order valence-electron chi connectivity index (χ3n) is 5.12. The van der Waals surface area contributed by atoms with Gasteiger partial charge < -0.3 is 15.4 Å². The van der Waals surface area contributed by atoms with Crippen LogP contribution in [0.3, 0.4) is 0 Å². The van der Waals surface area contributed by atoms with E-state index < -0.39 is 0 Å². The van der Waals surface area contributed by atoms with E-state index in [1.54, 1.807) is 18.2 Å². The van der Waals surface area contributed by atoms with Gasteiger partial charge in [-0.3, -0.25) is 9.59 Å². The van der Waals surface area contributed by atoms with Crippen molar-refractivity contribution in [2.75, 3.05) is 11.9 Å². The van der Waals surface area contributed by atoms with Crippen LogP contribution in [0, 0.1) is 13.8 Å². The largest absolute Gasteiger partial charge is 0.483 e. The molecule has 0 radical (unpaired) electrons. The van der Waals surface area contributed by atoms with E-state index in [-0.39, 0.29) is 24.5 Å². The van der Waals surface area contributed by atoms with Crippen LogP contribution in [0.15, 0.2) is 36.4 Å². The molecule has 0 spiro atoms. The van der Waals surface area contributed by atoms with Gasteiger partial charge in [0.2, 0.25) is 0 Å². The summed E-state index contributed by atoms with van der Waals surface area (Å²) >= 11 is 6.22. The van der Waals surface area contributed by atoms with E-state index in [0.717, 1.165) is 36.8 Å².